The molecule has 0 unspecified atom stereocenters. The number of rotatable bonds is 6. The average molecular weight is 621 g/mol. The molecule has 5 heteroatoms. The third-order valence-corrected chi connectivity index (χ3v) is 14.1. The third kappa shape index (κ3) is 4.66. The van der Waals surface area contributed by atoms with Gasteiger partial charge < -0.3 is 0 Å². The van der Waals surface area contributed by atoms with Crippen molar-refractivity contribution in [2.45, 2.75) is 12.8 Å². The molecule has 0 N–H and O–H groups in total. The molecule has 0 radical (unpaired) electrons. The quantitative estimate of drug-likeness (QED) is 0.181. The molecule has 2 aliphatic rings. The molecule has 0 saturated heterocycles. The van der Waals surface area contributed by atoms with E-state index in [-0.39, 0.29) is 0 Å². The van der Waals surface area contributed by atoms with Crippen molar-refractivity contribution in [3.05, 3.63) is 179 Å². The summed E-state index contributed by atoms with van der Waals surface area (Å²) in [5.74, 6) is -1.00. The van der Waals surface area contributed by atoms with Crippen molar-refractivity contribution in [3.63, 3.8) is 0 Å². The molecule has 0 spiro atoms. The Morgan fingerprint density at radius 2 is 0.800 bits per heavy atom. The van der Waals surface area contributed by atoms with Gasteiger partial charge in [-0.1, -0.05) is 0 Å². The van der Waals surface area contributed by atoms with Crippen molar-refractivity contribution in [2.24, 2.45) is 0 Å². The van der Waals surface area contributed by atoms with Crippen molar-refractivity contribution in [3.8, 4) is 22.3 Å². The van der Waals surface area contributed by atoms with E-state index in [9.17, 15) is 9.59 Å². The molecule has 0 heterocycles. The van der Waals surface area contributed by atoms with Gasteiger partial charge in [-0.3, -0.25) is 0 Å². The van der Waals surface area contributed by atoms with Gasteiger partial charge >= 0.3 is 267 Å². The first-order valence-electron chi connectivity index (χ1n) is 15.1. The Balaban J connectivity index is 1.40. The second kappa shape index (κ2) is 11.2. The van der Waals surface area contributed by atoms with Crippen molar-refractivity contribution in [2.75, 3.05) is 0 Å². The summed E-state index contributed by atoms with van der Waals surface area (Å²) in [5.41, 5.74) is 9.80. The molecule has 0 saturated carbocycles. The Morgan fingerprint density at radius 3 is 1.24 bits per heavy atom. The number of carbonyl (C=O) groups excluding carboxylic acids is 2. The number of carbonyl (C=O) groups is 2. The fraction of sp³-hybridized carbons (Fsp3) is 0.0500. The van der Waals surface area contributed by atoms with Crippen LogP contribution in [0.5, 0.6) is 0 Å². The molecule has 0 amide bonds. The molecular formula is C40H28O4Ti. The van der Waals surface area contributed by atoms with Crippen LogP contribution >= 0.6 is 0 Å². The van der Waals surface area contributed by atoms with Gasteiger partial charge in [-0.2, -0.15) is 0 Å². The molecule has 45 heavy (non-hydrogen) atoms. The maximum atomic E-state index is 14.2. The summed E-state index contributed by atoms with van der Waals surface area (Å²) in [6.45, 7) is 0. The van der Waals surface area contributed by atoms with E-state index in [1.54, 1.807) is 24.3 Å². The molecule has 0 fully saturated rings. The van der Waals surface area contributed by atoms with Crippen LogP contribution in [0.15, 0.2) is 146 Å². The number of benzene rings is 6. The minimum absolute atomic E-state index is 0.412. The van der Waals surface area contributed by atoms with Gasteiger partial charge in [0.15, 0.2) is 0 Å². The van der Waals surface area contributed by atoms with Crippen LogP contribution in [-0.4, -0.2) is 11.9 Å². The Labute approximate surface area is 266 Å². The Kier molecular flexibility index (Phi) is 6.82. The molecule has 6 aromatic carbocycles. The minimum atomic E-state index is -4.92. The van der Waals surface area contributed by atoms with Crippen molar-refractivity contribution < 1.29 is 33.6 Å². The topological polar surface area (TPSA) is 52.6 Å². The van der Waals surface area contributed by atoms with Crippen molar-refractivity contribution >= 4 is 19.7 Å². The predicted molar refractivity (Wildman–Crippen MR) is 172 cm³/mol. The molecular weight excluding hydrogens is 592 g/mol. The van der Waals surface area contributed by atoms with Crippen LogP contribution in [0.1, 0.15) is 43.0 Å². The Bertz CT molecular complexity index is 1950. The summed E-state index contributed by atoms with van der Waals surface area (Å²) < 4.78 is 15.3. The summed E-state index contributed by atoms with van der Waals surface area (Å²) in [6, 6.07) is 46.9. The summed E-state index contributed by atoms with van der Waals surface area (Å²) in [5, 5.41) is 0. The van der Waals surface area contributed by atoms with E-state index < -0.39 is 29.3 Å². The molecule has 8 rings (SSSR count). The zero-order valence-corrected chi connectivity index (χ0v) is 26.0. The van der Waals surface area contributed by atoms with Crippen LogP contribution in [0.25, 0.3) is 22.3 Å². The average Bonchev–Trinajstić information content (AvgIpc) is 3.67. The summed E-state index contributed by atoms with van der Waals surface area (Å²) in [6.07, 6.45) is 1.32. The summed E-state index contributed by atoms with van der Waals surface area (Å²) in [4.78, 5) is 28.4. The van der Waals surface area contributed by atoms with Gasteiger partial charge in [0.05, 0.1) is 0 Å². The van der Waals surface area contributed by atoms with Crippen LogP contribution in [0.4, 0.5) is 0 Å². The van der Waals surface area contributed by atoms with Crippen LogP contribution in [0.2, 0.25) is 0 Å². The van der Waals surface area contributed by atoms with Crippen molar-refractivity contribution in [1.82, 2.24) is 0 Å². The van der Waals surface area contributed by atoms with Crippen LogP contribution in [0, 0.1) is 0 Å². The molecule has 4 nitrogen and oxygen atoms in total. The van der Waals surface area contributed by atoms with Gasteiger partial charge in [0.2, 0.25) is 0 Å². The molecule has 2 aliphatic carbocycles. The Morgan fingerprint density at radius 1 is 0.422 bits per heavy atom. The SMILES string of the molecule is O=C([O][Ti]([O]C(=O)c1ccccc1)([c]1cccc2c1Cc1ccccc1-2)[c]1cccc2c1Cc1ccccc1-2)c1ccccc1. The van der Waals surface area contributed by atoms with E-state index >= 15 is 0 Å². The van der Waals surface area contributed by atoms with Crippen LogP contribution in [0.3, 0.4) is 0 Å². The molecule has 0 aromatic heterocycles. The fourth-order valence-electron chi connectivity index (χ4n) is 6.84. The second-order valence-electron chi connectivity index (χ2n) is 11.5. The molecule has 0 bridgehead atoms. The van der Waals surface area contributed by atoms with E-state index in [2.05, 4.69) is 36.4 Å². The van der Waals surface area contributed by atoms with Crippen molar-refractivity contribution in [1.29, 1.82) is 0 Å². The summed E-state index contributed by atoms with van der Waals surface area (Å²) in [7, 11) is 0. The van der Waals surface area contributed by atoms with Gasteiger partial charge in [0.25, 0.3) is 0 Å². The molecule has 6 aromatic rings. The Hall–Kier alpha value is -5.03. The maximum absolute atomic E-state index is 14.2. The number of hydrogen-bond acceptors (Lipinski definition) is 4. The molecule has 0 atom stereocenters. The normalized spacial score (nSPS) is 12.4. The van der Waals surface area contributed by atoms with Crippen LogP contribution < -0.4 is 7.74 Å². The zero-order valence-electron chi connectivity index (χ0n) is 24.4. The van der Waals surface area contributed by atoms with E-state index in [1.165, 1.54) is 11.1 Å². The summed E-state index contributed by atoms with van der Waals surface area (Å²) >= 11 is -4.92. The standard InChI is InChI=1S/2C13H9.2C7H6O2.Ti/c2*1-3-7-12-10(5-1)9-11-6-2-4-8-13(11)12;2*8-7(9)6-4-2-1-3-5-6;/h2*1-5,7-8H,9H2;2*1-5H,(H,8,9);/q;;;;+2/p-2. The fourth-order valence-corrected chi connectivity index (χ4v) is 12.2. The van der Waals surface area contributed by atoms with Gasteiger partial charge in [-0.25, -0.2) is 0 Å². The number of fused-ring (bicyclic) bond motifs is 6. The third-order valence-electron chi connectivity index (χ3n) is 8.90. The van der Waals surface area contributed by atoms with E-state index in [1.807, 2.05) is 84.9 Å². The first-order chi connectivity index (χ1) is 22.1. The number of hydrogen-bond donors (Lipinski definition) is 0. The zero-order chi connectivity index (χ0) is 30.4. The van der Waals surface area contributed by atoms with Gasteiger partial charge in [0.1, 0.15) is 0 Å². The second-order valence-corrected chi connectivity index (χ2v) is 15.7. The monoisotopic (exact) mass is 620 g/mol. The first kappa shape index (κ1) is 27.5. The molecule has 216 valence electrons. The van der Waals surface area contributed by atoms with Gasteiger partial charge in [0, 0.05) is 0 Å². The van der Waals surface area contributed by atoms with E-state index in [4.69, 9.17) is 6.64 Å². The van der Waals surface area contributed by atoms with Gasteiger partial charge in [-0.05, 0) is 0 Å². The van der Waals surface area contributed by atoms with Gasteiger partial charge in [-0.15, -0.1) is 0 Å². The molecule has 0 aliphatic heterocycles. The predicted octanol–water partition coefficient (Wildman–Crippen LogP) is 7.48. The van der Waals surface area contributed by atoms with E-state index in [0.717, 1.165) is 41.1 Å². The van der Waals surface area contributed by atoms with Crippen LogP contribution in [-0.2, 0) is 36.8 Å². The van der Waals surface area contributed by atoms with E-state index in [0.29, 0.717) is 24.0 Å². The first-order valence-corrected chi connectivity index (χ1v) is 17.9.